The maximum Gasteiger partial charge on any atom is 0.124 e. The van der Waals surface area contributed by atoms with Crippen LogP contribution in [0.25, 0.3) is 20.8 Å². The molecule has 0 aliphatic rings. The van der Waals surface area contributed by atoms with Crippen molar-refractivity contribution in [2.75, 3.05) is 6.54 Å². The molecule has 0 bridgehead atoms. The van der Waals surface area contributed by atoms with Crippen molar-refractivity contribution in [3.8, 4) is 10.6 Å². The van der Waals surface area contributed by atoms with E-state index in [9.17, 15) is 4.39 Å². The van der Waals surface area contributed by atoms with Crippen LogP contribution >= 0.6 is 11.3 Å². The molecular formula is C15H13FN2S. The van der Waals surface area contributed by atoms with Gasteiger partial charge in [0.25, 0.3) is 0 Å². The lowest BCUT2D eigenvalue weighted by Gasteiger charge is -1.96. The third kappa shape index (κ3) is 2.50. The number of aromatic nitrogens is 1. The van der Waals surface area contributed by atoms with Gasteiger partial charge in [-0.15, -0.1) is 11.3 Å². The van der Waals surface area contributed by atoms with Gasteiger partial charge < -0.3 is 5.73 Å². The molecule has 0 aliphatic heterocycles. The standard InChI is InChI=1S/C15H13FN2S/c16-12-4-2-11(3-5-12)15-18-13-9-10(7-8-17)1-6-14(13)19-15/h1-6,9H,7-8,17H2. The van der Waals surface area contributed by atoms with E-state index in [1.807, 2.05) is 0 Å². The minimum absolute atomic E-state index is 0.227. The Morgan fingerprint density at radius 2 is 1.89 bits per heavy atom. The number of fused-ring (bicyclic) bond motifs is 1. The van der Waals surface area contributed by atoms with Crippen molar-refractivity contribution < 1.29 is 4.39 Å². The van der Waals surface area contributed by atoms with Crippen LogP contribution in [0.1, 0.15) is 5.56 Å². The van der Waals surface area contributed by atoms with Crippen LogP contribution in [0, 0.1) is 5.82 Å². The van der Waals surface area contributed by atoms with Gasteiger partial charge in [-0.25, -0.2) is 9.37 Å². The molecule has 1 aromatic heterocycles. The summed E-state index contributed by atoms with van der Waals surface area (Å²) in [6.07, 6.45) is 0.860. The van der Waals surface area contributed by atoms with Gasteiger partial charge in [-0.05, 0) is 54.9 Å². The molecule has 2 aromatic carbocycles. The average molecular weight is 272 g/mol. The summed E-state index contributed by atoms with van der Waals surface area (Å²) in [7, 11) is 0. The van der Waals surface area contributed by atoms with E-state index in [2.05, 4.69) is 23.2 Å². The molecule has 0 fully saturated rings. The third-order valence-electron chi connectivity index (χ3n) is 2.98. The number of nitrogens with zero attached hydrogens (tertiary/aromatic N) is 1. The first kappa shape index (κ1) is 12.3. The van der Waals surface area contributed by atoms with Crippen molar-refractivity contribution >= 4 is 21.6 Å². The van der Waals surface area contributed by atoms with Gasteiger partial charge in [0.1, 0.15) is 10.8 Å². The molecule has 0 aliphatic carbocycles. The summed E-state index contributed by atoms with van der Waals surface area (Å²) in [6, 6.07) is 12.7. The summed E-state index contributed by atoms with van der Waals surface area (Å²) in [5, 5.41) is 0.917. The Bertz CT molecular complexity index is 704. The van der Waals surface area contributed by atoms with Gasteiger partial charge in [0.15, 0.2) is 0 Å². The molecule has 2 nitrogen and oxygen atoms in total. The number of thiazole rings is 1. The highest BCUT2D eigenvalue weighted by molar-refractivity contribution is 7.21. The molecule has 0 saturated carbocycles. The van der Waals surface area contributed by atoms with Crippen LogP contribution < -0.4 is 5.73 Å². The van der Waals surface area contributed by atoms with Gasteiger partial charge >= 0.3 is 0 Å². The normalized spacial score (nSPS) is 11.1. The van der Waals surface area contributed by atoms with Crippen LogP contribution in [0.2, 0.25) is 0 Å². The van der Waals surface area contributed by atoms with Crippen LogP contribution in [0.15, 0.2) is 42.5 Å². The molecule has 2 N–H and O–H groups in total. The quantitative estimate of drug-likeness (QED) is 0.791. The molecule has 0 saturated heterocycles. The molecule has 0 unspecified atom stereocenters. The predicted molar refractivity (Wildman–Crippen MR) is 77.8 cm³/mol. The lowest BCUT2D eigenvalue weighted by molar-refractivity contribution is 0.628. The molecule has 0 radical (unpaired) electrons. The minimum atomic E-state index is -0.227. The van der Waals surface area contributed by atoms with Crippen LogP contribution in [0.5, 0.6) is 0 Å². The maximum atomic E-state index is 12.9. The van der Waals surface area contributed by atoms with Crippen molar-refractivity contribution in [2.45, 2.75) is 6.42 Å². The van der Waals surface area contributed by atoms with E-state index in [0.29, 0.717) is 6.54 Å². The minimum Gasteiger partial charge on any atom is -0.330 e. The van der Waals surface area contributed by atoms with Gasteiger partial charge in [0.2, 0.25) is 0 Å². The van der Waals surface area contributed by atoms with Crippen LogP contribution in [-0.2, 0) is 6.42 Å². The van der Waals surface area contributed by atoms with Crippen molar-refractivity contribution in [3.63, 3.8) is 0 Å². The van der Waals surface area contributed by atoms with Gasteiger partial charge in [0, 0.05) is 5.56 Å². The molecule has 19 heavy (non-hydrogen) atoms. The zero-order valence-corrected chi connectivity index (χ0v) is 11.1. The first-order chi connectivity index (χ1) is 9.26. The third-order valence-corrected chi connectivity index (χ3v) is 4.06. The second-order valence-electron chi connectivity index (χ2n) is 4.37. The lowest BCUT2D eigenvalue weighted by Crippen LogP contribution is -2.02. The second kappa shape index (κ2) is 5.07. The lowest BCUT2D eigenvalue weighted by atomic mass is 10.1. The molecule has 3 aromatic rings. The Kier molecular flexibility index (Phi) is 3.27. The number of benzene rings is 2. The molecule has 0 spiro atoms. The van der Waals surface area contributed by atoms with E-state index < -0.39 is 0 Å². The van der Waals surface area contributed by atoms with E-state index in [-0.39, 0.29) is 5.82 Å². The SMILES string of the molecule is NCCc1ccc2sc(-c3ccc(F)cc3)nc2c1. The summed E-state index contributed by atoms with van der Waals surface area (Å²) in [4.78, 5) is 4.61. The van der Waals surface area contributed by atoms with Gasteiger partial charge in [-0.2, -0.15) is 0 Å². The van der Waals surface area contributed by atoms with Crippen molar-refractivity contribution in [1.82, 2.24) is 4.98 Å². The molecule has 0 amide bonds. The summed E-state index contributed by atoms with van der Waals surface area (Å²) in [5.74, 6) is -0.227. The monoisotopic (exact) mass is 272 g/mol. The summed E-state index contributed by atoms with van der Waals surface area (Å²) < 4.78 is 14.1. The molecular weight excluding hydrogens is 259 g/mol. The first-order valence-electron chi connectivity index (χ1n) is 6.12. The van der Waals surface area contributed by atoms with Crippen LogP contribution in [0.3, 0.4) is 0 Å². The van der Waals surface area contributed by atoms with E-state index in [4.69, 9.17) is 5.73 Å². The van der Waals surface area contributed by atoms with Crippen molar-refractivity contribution in [3.05, 3.63) is 53.8 Å². The Balaban J connectivity index is 2.03. The fourth-order valence-electron chi connectivity index (χ4n) is 2.01. The van der Waals surface area contributed by atoms with Crippen molar-refractivity contribution in [2.24, 2.45) is 5.73 Å². The second-order valence-corrected chi connectivity index (χ2v) is 5.40. The Hall–Kier alpha value is -1.78. The fourth-order valence-corrected chi connectivity index (χ4v) is 2.96. The maximum absolute atomic E-state index is 12.9. The van der Waals surface area contributed by atoms with Crippen molar-refractivity contribution in [1.29, 1.82) is 0 Å². The number of hydrogen-bond donors (Lipinski definition) is 1. The zero-order valence-electron chi connectivity index (χ0n) is 10.3. The van der Waals surface area contributed by atoms with E-state index in [1.165, 1.54) is 17.7 Å². The van der Waals surface area contributed by atoms with E-state index >= 15 is 0 Å². The van der Waals surface area contributed by atoms with Gasteiger partial charge in [-0.3, -0.25) is 0 Å². The van der Waals surface area contributed by atoms with Gasteiger partial charge in [-0.1, -0.05) is 6.07 Å². The smallest absolute Gasteiger partial charge is 0.124 e. The Morgan fingerprint density at radius 3 is 2.63 bits per heavy atom. The molecule has 4 heteroatoms. The molecule has 1 heterocycles. The summed E-state index contributed by atoms with van der Waals surface area (Å²) in [5.41, 5.74) is 8.69. The zero-order chi connectivity index (χ0) is 13.2. The molecule has 3 rings (SSSR count). The highest BCUT2D eigenvalue weighted by Gasteiger charge is 2.07. The highest BCUT2D eigenvalue weighted by Crippen LogP contribution is 2.30. The number of hydrogen-bond acceptors (Lipinski definition) is 3. The summed E-state index contributed by atoms with van der Waals surface area (Å²) >= 11 is 1.62. The fraction of sp³-hybridized carbons (Fsp3) is 0.133. The number of nitrogens with two attached hydrogens (primary N) is 1. The number of halogens is 1. The van der Waals surface area contributed by atoms with Gasteiger partial charge in [0.05, 0.1) is 10.2 Å². The predicted octanol–water partition coefficient (Wildman–Crippen LogP) is 3.60. The van der Waals surface area contributed by atoms with E-state index in [0.717, 1.165) is 27.2 Å². The Morgan fingerprint density at radius 1 is 1.11 bits per heavy atom. The largest absolute Gasteiger partial charge is 0.330 e. The average Bonchev–Trinajstić information content (AvgIpc) is 2.83. The van der Waals surface area contributed by atoms with Crippen LogP contribution in [-0.4, -0.2) is 11.5 Å². The Labute approximate surface area is 114 Å². The first-order valence-corrected chi connectivity index (χ1v) is 6.93. The topological polar surface area (TPSA) is 38.9 Å². The number of rotatable bonds is 3. The van der Waals surface area contributed by atoms with Crippen LogP contribution in [0.4, 0.5) is 4.39 Å². The molecule has 96 valence electrons. The highest BCUT2D eigenvalue weighted by atomic mass is 32.1. The van der Waals surface area contributed by atoms with E-state index in [1.54, 1.807) is 23.5 Å². The molecule has 0 atom stereocenters. The summed E-state index contributed by atoms with van der Waals surface area (Å²) in [6.45, 7) is 0.639.